The van der Waals surface area contributed by atoms with Crippen LogP contribution >= 0.6 is 0 Å². The van der Waals surface area contributed by atoms with Crippen molar-refractivity contribution in [3.8, 4) is 5.75 Å². The van der Waals surface area contributed by atoms with Crippen LogP contribution in [0.5, 0.6) is 5.75 Å². The first-order valence-electron chi connectivity index (χ1n) is 11.3. The fourth-order valence-electron chi connectivity index (χ4n) is 4.04. The molecular weight excluding hydrogens is 462 g/mol. The van der Waals surface area contributed by atoms with E-state index in [0.717, 1.165) is 4.57 Å². The number of nitro groups is 1. The van der Waals surface area contributed by atoms with E-state index in [9.17, 15) is 29.9 Å². The zero-order valence-corrected chi connectivity index (χ0v) is 20.1. The third-order valence-electron chi connectivity index (χ3n) is 5.72. The van der Waals surface area contributed by atoms with Crippen LogP contribution in [0.4, 0.5) is 5.69 Å². The average Bonchev–Trinajstić information content (AvgIpc) is 3.14. The largest absolute Gasteiger partial charge is 0.494 e. The summed E-state index contributed by atoms with van der Waals surface area (Å²) in [6.07, 6.45) is -2.16. The highest BCUT2D eigenvalue weighted by Crippen LogP contribution is 2.42. The molecule has 1 saturated heterocycles. The van der Waals surface area contributed by atoms with Crippen LogP contribution < -0.4 is 16.0 Å². The second-order valence-corrected chi connectivity index (χ2v) is 9.40. The van der Waals surface area contributed by atoms with Crippen LogP contribution in [0.1, 0.15) is 57.6 Å². The summed E-state index contributed by atoms with van der Waals surface area (Å²) in [6, 6.07) is 4.43. The van der Waals surface area contributed by atoms with Gasteiger partial charge in [0.15, 0.2) is 0 Å². The molecule has 0 radical (unpaired) electrons. The molecule has 0 saturated carbocycles. The van der Waals surface area contributed by atoms with Crippen molar-refractivity contribution in [3.63, 3.8) is 0 Å². The Kier molecular flexibility index (Phi) is 8.11. The molecule has 1 aromatic carbocycles. The molecule has 1 aromatic heterocycles. The molecule has 12 nitrogen and oxygen atoms in total. The number of nitro benzene ring substituents is 1. The third-order valence-corrected chi connectivity index (χ3v) is 5.72. The zero-order chi connectivity index (χ0) is 25.9. The quantitative estimate of drug-likeness (QED) is 0.348. The Morgan fingerprint density at radius 1 is 1.34 bits per heavy atom. The van der Waals surface area contributed by atoms with E-state index in [4.69, 9.17) is 14.2 Å². The maximum absolute atomic E-state index is 12.5. The van der Waals surface area contributed by atoms with Crippen LogP contribution in [0.3, 0.4) is 0 Å². The van der Waals surface area contributed by atoms with Gasteiger partial charge in [0, 0.05) is 18.7 Å². The topological polar surface area (TPSA) is 166 Å². The van der Waals surface area contributed by atoms with Crippen molar-refractivity contribution in [2.75, 3.05) is 13.2 Å². The minimum Gasteiger partial charge on any atom is -0.494 e. The molecule has 1 fully saturated rings. The maximum atomic E-state index is 12.5. The lowest BCUT2D eigenvalue weighted by Crippen LogP contribution is -2.35. The second-order valence-electron chi connectivity index (χ2n) is 9.40. The van der Waals surface area contributed by atoms with Gasteiger partial charge >= 0.3 is 5.69 Å². The van der Waals surface area contributed by atoms with Gasteiger partial charge in [0.25, 0.3) is 11.2 Å². The van der Waals surface area contributed by atoms with E-state index in [-0.39, 0.29) is 24.3 Å². The summed E-state index contributed by atoms with van der Waals surface area (Å²) in [4.78, 5) is 38.3. The molecule has 2 heterocycles. The fourth-order valence-corrected chi connectivity index (χ4v) is 4.04. The monoisotopic (exact) mass is 493 g/mol. The molecule has 2 aromatic rings. The summed E-state index contributed by atoms with van der Waals surface area (Å²) in [7, 11) is 0. The molecule has 0 aliphatic carbocycles. The second kappa shape index (κ2) is 10.7. The van der Waals surface area contributed by atoms with E-state index >= 15 is 0 Å². The van der Waals surface area contributed by atoms with Crippen molar-refractivity contribution in [2.24, 2.45) is 5.41 Å². The number of aliphatic hydroxyl groups excluding tert-OH is 2. The molecule has 1 aliphatic heterocycles. The number of nitrogens with zero attached hydrogens (tertiary/aromatic N) is 2. The van der Waals surface area contributed by atoms with Crippen LogP contribution in [-0.2, 0) is 16.1 Å². The molecule has 192 valence electrons. The lowest BCUT2D eigenvalue weighted by atomic mass is 9.83. The van der Waals surface area contributed by atoms with Crippen molar-refractivity contribution in [1.29, 1.82) is 0 Å². The maximum Gasteiger partial charge on any atom is 0.330 e. The van der Waals surface area contributed by atoms with E-state index in [0.29, 0.717) is 17.9 Å². The normalized spacial score (nSPS) is 21.1. The number of hydrogen-bond acceptors (Lipinski definition) is 9. The van der Waals surface area contributed by atoms with E-state index in [1.807, 2.05) is 20.8 Å². The van der Waals surface area contributed by atoms with Crippen LogP contribution in [0, 0.1) is 15.5 Å². The fraction of sp³-hybridized carbons (Fsp3) is 0.565. The van der Waals surface area contributed by atoms with Gasteiger partial charge in [-0.25, -0.2) is 4.79 Å². The number of H-pyrrole nitrogens is 1. The molecule has 0 amide bonds. The predicted octanol–water partition coefficient (Wildman–Crippen LogP) is 1.79. The number of aromatic amines is 1. The van der Waals surface area contributed by atoms with E-state index in [1.165, 1.54) is 18.3 Å². The van der Waals surface area contributed by atoms with E-state index in [2.05, 4.69) is 4.98 Å². The van der Waals surface area contributed by atoms with Crippen molar-refractivity contribution < 1.29 is 29.3 Å². The number of aliphatic hydroxyl groups is 2. The van der Waals surface area contributed by atoms with Crippen LogP contribution in [0.15, 0.2) is 34.0 Å². The summed E-state index contributed by atoms with van der Waals surface area (Å²) in [5.41, 5.74) is -1.77. The number of benzene rings is 1. The van der Waals surface area contributed by atoms with E-state index in [1.54, 1.807) is 13.0 Å². The number of ether oxygens (including phenoxy) is 3. The van der Waals surface area contributed by atoms with Gasteiger partial charge in [-0.1, -0.05) is 20.8 Å². The van der Waals surface area contributed by atoms with Crippen molar-refractivity contribution in [3.05, 3.63) is 66.5 Å². The van der Waals surface area contributed by atoms with E-state index < -0.39 is 52.7 Å². The highest BCUT2D eigenvalue weighted by Gasteiger charge is 2.36. The summed E-state index contributed by atoms with van der Waals surface area (Å²) in [6.45, 7) is 7.05. The molecule has 3 N–H and O–H groups in total. The molecular formula is C23H31N3O9. The SMILES string of the molecule is CCOc1ccc([N+](=O)[O-])c([C@@H](OCc2cn([C@H]3C[C@@H](O)[C@@H](CO)O3)c(=O)[nH]c2=O)C(C)(C)C)c1. The summed E-state index contributed by atoms with van der Waals surface area (Å²) in [5.74, 6) is 0.452. The first-order valence-corrected chi connectivity index (χ1v) is 11.3. The Balaban J connectivity index is 1.94. The molecule has 4 atom stereocenters. The van der Waals surface area contributed by atoms with Crippen molar-refractivity contribution >= 4 is 5.69 Å². The van der Waals surface area contributed by atoms with Gasteiger partial charge in [0.05, 0.1) is 48.1 Å². The van der Waals surface area contributed by atoms with Gasteiger partial charge in [0.1, 0.15) is 18.1 Å². The zero-order valence-electron chi connectivity index (χ0n) is 20.1. The smallest absolute Gasteiger partial charge is 0.330 e. The molecule has 0 spiro atoms. The summed E-state index contributed by atoms with van der Waals surface area (Å²) >= 11 is 0. The van der Waals surface area contributed by atoms with Gasteiger partial charge in [-0.15, -0.1) is 0 Å². The van der Waals surface area contributed by atoms with Gasteiger partial charge in [-0.2, -0.15) is 0 Å². The van der Waals surface area contributed by atoms with Crippen LogP contribution in [0.2, 0.25) is 0 Å². The Hall–Kier alpha value is -3.06. The molecule has 3 rings (SSSR count). The summed E-state index contributed by atoms with van der Waals surface area (Å²) in [5, 5.41) is 31.0. The number of hydrogen-bond donors (Lipinski definition) is 3. The average molecular weight is 494 g/mol. The number of aromatic nitrogens is 2. The minimum atomic E-state index is -0.966. The molecule has 12 heteroatoms. The van der Waals surface area contributed by atoms with Crippen molar-refractivity contribution in [1.82, 2.24) is 9.55 Å². The van der Waals surface area contributed by atoms with Gasteiger partial charge in [0.2, 0.25) is 0 Å². The first-order chi connectivity index (χ1) is 16.5. The standard InChI is InChI=1S/C23H31N3O9/c1-5-33-14-6-7-16(26(31)32)15(8-14)20(23(2,3)4)34-12-13-10-25(22(30)24-21(13)29)19-9-17(28)18(11-27)35-19/h6-8,10,17-20,27-28H,5,9,11-12H2,1-4H3,(H,24,29,30)/t17-,18-,19-,20-/m1/s1. The van der Waals surface area contributed by atoms with Gasteiger partial charge in [-0.05, 0) is 24.5 Å². The lowest BCUT2D eigenvalue weighted by molar-refractivity contribution is -0.386. The molecule has 35 heavy (non-hydrogen) atoms. The van der Waals surface area contributed by atoms with Crippen LogP contribution in [-0.4, -0.2) is 50.1 Å². The highest BCUT2D eigenvalue weighted by molar-refractivity contribution is 5.47. The Bertz CT molecular complexity index is 1170. The number of rotatable bonds is 9. The van der Waals surface area contributed by atoms with Crippen LogP contribution in [0.25, 0.3) is 0 Å². The Morgan fingerprint density at radius 3 is 2.63 bits per heavy atom. The molecule has 0 bridgehead atoms. The summed E-state index contributed by atoms with van der Waals surface area (Å²) < 4.78 is 18.2. The third kappa shape index (κ3) is 5.96. The Labute approximate surface area is 201 Å². The number of nitrogens with one attached hydrogen (secondary N) is 1. The Morgan fingerprint density at radius 2 is 2.06 bits per heavy atom. The minimum absolute atomic E-state index is 0.0541. The highest BCUT2D eigenvalue weighted by atomic mass is 16.6. The van der Waals surface area contributed by atoms with Crippen molar-refractivity contribution in [2.45, 2.75) is 65.3 Å². The van der Waals surface area contributed by atoms with Gasteiger partial charge in [-0.3, -0.25) is 24.5 Å². The molecule has 0 unspecified atom stereocenters. The first kappa shape index (κ1) is 26.5. The van der Waals surface area contributed by atoms with Gasteiger partial charge < -0.3 is 24.4 Å². The molecule has 1 aliphatic rings. The lowest BCUT2D eigenvalue weighted by Gasteiger charge is -2.31. The predicted molar refractivity (Wildman–Crippen MR) is 124 cm³/mol.